The van der Waals surface area contributed by atoms with Crippen molar-refractivity contribution in [3.8, 4) is 0 Å². The quantitative estimate of drug-likeness (QED) is 0.676. The van der Waals surface area contributed by atoms with Gasteiger partial charge in [-0.1, -0.05) is 44.9 Å². The van der Waals surface area contributed by atoms with Crippen LogP contribution in [0.25, 0.3) is 0 Å². The largest absolute Gasteiger partial charge is 0.416 e. The highest BCUT2D eigenvalue weighted by Gasteiger charge is 2.08. The van der Waals surface area contributed by atoms with Crippen molar-refractivity contribution in [2.75, 3.05) is 0 Å². The van der Waals surface area contributed by atoms with Crippen molar-refractivity contribution in [2.45, 2.75) is 59.5 Å². The molecule has 17 heavy (non-hydrogen) atoms. The van der Waals surface area contributed by atoms with Gasteiger partial charge in [0.15, 0.2) is 9.76 Å². The van der Waals surface area contributed by atoms with Crippen molar-refractivity contribution in [3.05, 3.63) is 29.3 Å². The van der Waals surface area contributed by atoms with Gasteiger partial charge >= 0.3 is 0 Å². The van der Waals surface area contributed by atoms with Gasteiger partial charge < -0.3 is 4.43 Å². The highest BCUT2D eigenvalue weighted by Crippen LogP contribution is 2.11. The molecule has 0 aliphatic carbocycles. The number of hydrogen-bond acceptors (Lipinski definition) is 1. The first-order chi connectivity index (χ1) is 8.19. The van der Waals surface area contributed by atoms with Gasteiger partial charge in [-0.3, -0.25) is 0 Å². The third-order valence-corrected chi connectivity index (χ3v) is 4.77. The van der Waals surface area contributed by atoms with Crippen LogP contribution in [-0.4, -0.2) is 15.9 Å². The molecule has 0 radical (unpaired) electrons. The molecule has 0 bridgehead atoms. The molecule has 0 aromatic heterocycles. The van der Waals surface area contributed by atoms with Gasteiger partial charge in [0.25, 0.3) is 0 Å². The van der Waals surface area contributed by atoms with Crippen molar-refractivity contribution in [2.24, 2.45) is 0 Å². The minimum Gasteiger partial charge on any atom is -0.416 e. The lowest BCUT2D eigenvalue weighted by molar-refractivity contribution is 0.260. The molecule has 0 aliphatic heterocycles. The van der Waals surface area contributed by atoms with E-state index in [0.717, 1.165) is 0 Å². The maximum absolute atomic E-state index is 5.89. The van der Waals surface area contributed by atoms with Crippen LogP contribution in [0.4, 0.5) is 0 Å². The summed E-state index contributed by atoms with van der Waals surface area (Å²) in [5.41, 5.74) is 3.14. The van der Waals surface area contributed by atoms with Crippen LogP contribution >= 0.6 is 0 Å². The zero-order chi connectivity index (χ0) is 12.7. The van der Waals surface area contributed by atoms with E-state index in [1.54, 1.807) is 11.1 Å². The summed E-state index contributed by atoms with van der Waals surface area (Å²) in [5.74, 6) is 0. The Labute approximate surface area is 109 Å². The predicted octanol–water partition coefficient (Wildman–Crippen LogP) is 2.73. The van der Waals surface area contributed by atoms with Crippen LogP contribution in [0, 0.1) is 0 Å². The number of benzene rings is 1. The van der Waals surface area contributed by atoms with Gasteiger partial charge in [-0.15, -0.1) is 0 Å². The Bertz CT molecular complexity index is 334. The highest BCUT2D eigenvalue weighted by atomic mass is 28.2. The van der Waals surface area contributed by atoms with Gasteiger partial charge in [-0.05, 0) is 43.0 Å². The number of hydrogen-bond donors (Lipinski definition) is 0. The van der Waals surface area contributed by atoms with Crippen molar-refractivity contribution in [1.29, 1.82) is 0 Å². The SMILES string of the molecule is CCCc1cccc([SiH2]OC(C)C)c1CCC. The second-order valence-corrected chi connectivity index (χ2v) is 6.30. The van der Waals surface area contributed by atoms with E-state index in [2.05, 4.69) is 45.9 Å². The molecule has 0 aliphatic rings. The van der Waals surface area contributed by atoms with Gasteiger partial charge in [0.05, 0.1) is 0 Å². The number of rotatable bonds is 7. The lowest BCUT2D eigenvalue weighted by Gasteiger charge is -2.15. The Kier molecular flexibility index (Phi) is 6.52. The molecule has 1 aromatic carbocycles. The summed E-state index contributed by atoms with van der Waals surface area (Å²) in [5, 5.41) is 1.52. The summed E-state index contributed by atoms with van der Waals surface area (Å²) in [6.07, 6.45) is 5.24. The minimum atomic E-state index is -0.546. The maximum atomic E-state index is 5.89. The van der Waals surface area contributed by atoms with Gasteiger partial charge in [-0.2, -0.15) is 0 Å². The van der Waals surface area contributed by atoms with Gasteiger partial charge in [0, 0.05) is 6.10 Å². The van der Waals surface area contributed by atoms with Crippen LogP contribution in [0.3, 0.4) is 0 Å². The molecule has 0 amide bonds. The second kappa shape index (κ2) is 7.67. The Balaban J connectivity index is 2.89. The van der Waals surface area contributed by atoms with Crippen molar-refractivity contribution >= 4 is 14.9 Å². The average Bonchev–Trinajstić information content (AvgIpc) is 2.30. The molecular formula is C15H26OSi. The first-order valence-electron chi connectivity index (χ1n) is 6.90. The maximum Gasteiger partial charge on any atom is 0.192 e. The smallest absolute Gasteiger partial charge is 0.192 e. The monoisotopic (exact) mass is 250 g/mol. The van der Waals surface area contributed by atoms with E-state index in [1.165, 1.54) is 30.9 Å². The lowest BCUT2D eigenvalue weighted by Crippen LogP contribution is -2.25. The molecule has 1 aromatic rings. The Morgan fingerprint density at radius 1 is 1.12 bits per heavy atom. The second-order valence-electron chi connectivity index (χ2n) is 4.91. The summed E-state index contributed by atoms with van der Waals surface area (Å²) < 4.78 is 5.89. The molecule has 0 spiro atoms. The van der Waals surface area contributed by atoms with Crippen LogP contribution in [0.2, 0.25) is 0 Å². The first-order valence-corrected chi connectivity index (χ1v) is 8.18. The molecule has 0 fully saturated rings. The van der Waals surface area contributed by atoms with Gasteiger partial charge in [0.2, 0.25) is 0 Å². The van der Waals surface area contributed by atoms with Gasteiger partial charge in [0.1, 0.15) is 0 Å². The van der Waals surface area contributed by atoms with Gasteiger partial charge in [-0.25, -0.2) is 0 Å². The van der Waals surface area contributed by atoms with E-state index in [-0.39, 0.29) is 0 Å². The van der Waals surface area contributed by atoms with E-state index in [1.807, 2.05) is 0 Å². The molecule has 0 N–H and O–H groups in total. The van der Waals surface area contributed by atoms with Crippen molar-refractivity contribution in [3.63, 3.8) is 0 Å². The summed E-state index contributed by atoms with van der Waals surface area (Å²) in [7, 11) is -0.546. The topological polar surface area (TPSA) is 9.23 Å². The average molecular weight is 250 g/mol. The highest BCUT2D eigenvalue weighted by molar-refractivity contribution is 6.47. The molecule has 0 saturated heterocycles. The summed E-state index contributed by atoms with van der Waals surface area (Å²) in [6, 6.07) is 6.77. The molecular weight excluding hydrogens is 224 g/mol. The van der Waals surface area contributed by atoms with E-state index in [0.29, 0.717) is 6.10 Å². The zero-order valence-corrected chi connectivity index (χ0v) is 13.2. The molecule has 1 nitrogen and oxygen atoms in total. The van der Waals surface area contributed by atoms with Crippen molar-refractivity contribution in [1.82, 2.24) is 0 Å². The fraction of sp³-hybridized carbons (Fsp3) is 0.600. The van der Waals surface area contributed by atoms with E-state index in [4.69, 9.17) is 4.43 Å². The van der Waals surface area contributed by atoms with Crippen LogP contribution in [0.15, 0.2) is 18.2 Å². The molecule has 0 heterocycles. The Hall–Kier alpha value is -0.603. The molecule has 0 unspecified atom stereocenters. The Morgan fingerprint density at radius 3 is 2.41 bits per heavy atom. The molecule has 1 rings (SSSR count). The first kappa shape index (κ1) is 14.5. The normalized spacial score (nSPS) is 11.8. The Morgan fingerprint density at radius 2 is 1.82 bits per heavy atom. The molecule has 96 valence electrons. The third kappa shape index (κ3) is 4.64. The molecule has 0 saturated carbocycles. The van der Waals surface area contributed by atoms with Crippen LogP contribution in [-0.2, 0) is 17.3 Å². The number of aryl methyl sites for hydroxylation is 1. The third-order valence-electron chi connectivity index (χ3n) is 2.96. The molecule has 2 heteroatoms. The fourth-order valence-electron chi connectivity index (χ4n) is 2.15. The summed E-state index contributed by atoms with van der Waals surface area (Å²) >= 11 is 0. The van der Waals surface area contributed by atoms with Crippen LogP contribution in [0.5, 0.6) is 0 Å². The van der Waals surface area contributed by atoms with E-state index >= 15 is 0 Å². The van der Waals surface area contributed by atoms with E-state index in [9.17, 15) is 0 Å². The summed E-state index contributed by atoms with van der Waals surface area (Å²) in [6.45, 7) is 8.77. The fourth-order valence-corrected chi connectivity index (χ4v) is 3.48. The van der Waals surface area contributed by atoms with Crippen LogP contribution in [0.1, 0.15) is 51.7 Å². The zero-order valence-electron chi connectivity index (χ0n) is 11.8. The summed E-state index contributed by atoms with van der Waals surface area (Å²) in [4.78, 5) is 0. The minimum absolute atomic E-state index is 0.367. The molecule has 0 atom stereocenters. The predicted molar refractivity (Wildman–Crippen MR) is 78.8 cm³/mol. The van der Waals surface area contributed by atoms with Crippen molar-refractivity contribution < 1.29 is 4.43 Å². The lowest BCUT2D eigenvalue weighted by atomic mass is 10.00. The van der Waals surface area contributed by atoms with E-state index < -0.39 is 9.76 Å². The standard InChI is InChI=1S/C15H26OSi/c1-5-8-13-10-7-11-15(14(13)9-6-2)17-16-12(3)4/h7,10-12H,5-6,8-9,17H2,1-4H3. The van der Waals surface area contributed by atoms with Crippen LogP contribution < -0.4 is 5.19 Å².